The highest BCUT2D eigenvalue weighted by Crippen LogP contribution is 2.44. The van der Waals surface area contributed by atoms with Crippen LogP contribution in [0.3, 0.4) is 0 Å². The highest BCUT2D eigenvalue weighted by atomic mass is 79.9. The van der Waals surface area contributed by atoms with Crippen LogP contribution in [0, 0.1) is 0 Å². The van der Waals surface area contributed by atoms with Gasteiger partial charge in [-0.1, -0.05) is 44.0 Å². The third-order valence-corrected chi connectivity index (χ3v) is 4.28. The number of fused-ring (bicyclic) bond motifs is 1. The SMILES string of the molecule is CC(C)(C)c1c(C(=O)O)oc2c(Cl)cc(Br)c(Cl)c12. The summed E-state index contributed by atoms with van der Waals surface area (Å²) in [6.45, 7) is 5.69. The Kier molecular flexibility index (Phi) is 3.62. The predicted molar refractivity (Wildman–Crippen MR) is 79.6 cm³/mol. The van der Waals surface area contributed by atoms with Crippen molar-refractivity contribution in [2.45, 2.75) is 26.2 Å². The van der Waals surface area contributed by atoms with Crippen molar-refractivity contribution >= 4 is 56.1 Å². The van der Waals surface area contributed by atoms with Gasteiger partial charge in [0.1, 0.15) is 0 Å². The summed E-state index contributed by atoms with van der Waals surface area (Å²) in [5.74, 6) is -1.26. The van der Waals surface area contributed by atoms with Crippen molar-refractivity contribution in [3.8, 4) is 0 Å². The van der Waals surface area contributed by atoms with Crippen LogP contribution in [0.2, 0.25) is 10.0 Å². The van der Waals surface area contributed by atoms with E-state index in [-0.39, 0.29) is 5.76 Å². The van der Waals surface area contributed by atoms with Gasteiger partial charge >= 0.3 is 5.97 Å². The monoisotopic (exact) mass is 364 g/mol. The summed E-state index contributed by atoms with van der Waals surface area (Å²) < 4.78 is 6.02. The van der Waals surface area contributed by atoms with Gasteiger partial charge in [-0.2, -0.15) is 0 Å². The minimum Gasteiger partial charge on any atom is -0.475 e. The second-order valence-electron chi connectivity index (χ2n) is 5.22. The smallest absolute Gasteiger partial charge is 0.372 e. The van der Waals surface area contributed by atoms with Gasteiger partial charge in [0.15, 0.2) is 5.58 Å². The Bertz CT molecular complexity index is 683. The highest BCUT2D eigenvalue weighted by Gasteiger charge is 2.31. The zero-order valence-corrected chi connectivity index (χ0v) is 13.6. The zero-order chi connectivity index (χ0) is 14.5. The average Bonchev–Trinajstić information content (AvgIpc) is 2.66. The molecule has 1 aromatic carbocycles. The van der Waals surface area contributed by atoms with Crippen molar-refractivity contribution in [1.29, 1.82) is 0 Å². The third-order valence-electron chi connectivity index (χ3n) is 2.75. The van der Waals surface area contributed by atoms with Gasteiger partial charge in [0.25, 0.3) is 0 Å². The number of carboxylic acids is 1. The molecule has 6 heteroatoms. The van der Waals surface area contributed by atoms with Gasteiger partial charge < -0.3 is 9.52 Å². The summed E-state index contributed by atoms with van der Waals surface area (Å²) in [5.41, 5.74) is 0.410. The molecule has 2 rings (SSSR count). The number of furan rings is 1. The second kappa shape index (κ2) is 4.69. The van der Waals surface area contributed by atoms with Crippen LogP contribution in [0.25, 0.3) is 11.0 Å². The largest absolute Gasteiger partial charge is 0.475 e. The van der Waals surface area contributed by atoms with Gasteiger partial charge in [-0.3, -0.25) is 0 Å². The maximum atomic E-state index is 11.4. The number of halogens is 3. The molecule has 1 aromatic heterocycles. The molecular formula is C13H11BrCl2O3. The Morgan fingerprint density at radius 3 is 2.42 bits per heavy atom. The summed E-state index contributed by atoms with van der Waals surface area (Å²) in [5, 5.41) is 10.6. The van der Waals surface area contributed by atoms with Crippen LogP contribution < -0.4 is 0 Å². The van der Waals surface area contributed by atoms with Gasteiger partial charge in [0.05, 0.1) is 10.0 Å². The Balaban J connectivity index is 3.05. The number of carbonyl (C=O) groups is 1. The molecule has 0 unspecified atom stereocenters. The normalized spacial score (nSPS) is 12.1. The molecule has 19 heavy (non-hydrogen) atoms. The molecule has 0 amide bonds. The summed E-state index contributed by atoms with van der Waals surface area (Å²) in [7, 11) is 0. The zero-order valence-electron chi connectivity index (χ0n) is 10.5. The van der Waals surface area contributed by atoms with Crippen LogP contribution in [-0.4, -0.2) is 11.1 Å². The maximum Gasteiger partial charge on any atom is 0.372 e. The standard InChI is InChI=1S/C13H11BrCl2O3/c1-13(2,3)8-7-9(16)5(14)4-6(15)10(7)19-11(8)12(17)18/h4H,1-3H3,(H,17,18). The molecule has 0 aliphatic rings. The quantitative estimate of drug-likeness (QED) is 0.679. The second-order valence-corrected chi connectivity index (χ2v) is 6.86. The number of benzene rings is 1. The van der Waals surface area contributed by atoms with Crippen LogP contribution in [0.5, 0.6) is 0 Å². The van der Waals surface area contributed by atoms with E-state index in [1.165, 1.54) is 0 Å². The van der Waals surface area contributed by atoms with Gasteiger partial charge in [-0.15, -0.1) is 0 Å². The van der Waals surface area contributed by atoms with Crippen molar-refractivity contribution in [3.05, 3.63) is 31.9 Å². The van der Waals surface area contributed by atoms with E-state index in [0.29, 0.717) is 31.1 Å². The Morgan fingerprint density at radius 1 is 1.37 bits per heavy atom. The molecule has 0 fully saturated rings. The van der Waals surface area contributed by atoms with Crippen molar-refractivity contribution in [1.82, 2.24) is 0 Å². The molecule has 1 heterocycles. The van der Waals surface area contributed by atoms with Gasteiger partial charge in [0.2, 0.25) is 5.76 Å². The summed E-state index contributed by atoms with van der Waals surface area (Å²) in [4.78, 5) is 11.4. The summed E-state index contributed by atoms with van der Waals surface area (Å²) in [6.07, 6.45) is 0. The fourth-order valence-electron chi connectivity index (χ4n) is 2.03. The number of aromatic carboxylic acids is 1. The molecular weight excluding hydrogens is 355 g/mol. The third kappa shape index (κ3) is 2.37. The molecule has 0 atom stereocenters. The van der Waals surface area contributed by atoms with Crippen molar-refractivity contribution < 1.29 is 14.3 Å². The van der Waals surface area contributed by atoms with E-state index < -0.39 is 11.4 Å². The van der Waals surface area contributed by atoms with E-state index in [4.69, 9.17) is 27.6 Å². The fraction of sp³-hybridized carbons (Fsp3) is 0.308. The van der Waals surface area contributed by atoms with Gasteiger partial charge in [0, 0.05) is 15.4 Å². The summed E-state index contributed by atoms with van der Waals surface area (Å²) >= 11 is 15.7. The molecule has 0 saturated heterocycles. The minimum absolute atomic E-state index is 0.121. The molecule has 0 bridgehead atoms. The fourth-order valence-corrected chi connectivity index (χ4v) is 3.07. The van der Waals surface area contributed by atoms with E-state index in [1.807, 2.05) is 20.8 Å². The number of carboxylic acid groups (broad SMARTS) is 1. The highest BCUT2D eigenvalue weighted by molar-refractivity contribution is 9.10. The first-order valence-electron chi connectivity index (χ1n) is 5.48. The molecule has 2 aromatic rings. The van der Waals surface area contributed by atoms with Crippen LogP contribution in [-0.2, 0) is 5.41 Å². The Hall–Kier alpha value is -0.710. The lowest BCUT2D eigenvalue weighted by Gasteiger charge is -2.18. The lowest BCUT2D eigenvalue weighted by molar-refractivity contribution is 0.0661. The topological polar surface area (TPSA) is 50.4 Å². The molecule has 0 aliphatic carbocycles. The molecule has 102 valence electrons. The van der Waals surface area contributed by atoms with Crippen LogP contribution in [0.15, 0.2) is 15.0 Å². The Morgan fingerprint density at radius 2 is 1.95 bits per heavy atom. The van der Waals surface area contributed by atoms with E-state index in [9.17, 15) is 9.90 Å². The predicted octanol–water partition coefficient (Wildman–Crippen LogP) is 5.50. The molecule has 0 spiro atoms. The molecule has 3 nitrogen and oxygen atoms in total. The molecule has 0 radical (unpaired) electrons. The average molecular weight is 366 g/mol. The van der Waals surface area contributed by atoms with E-state index in [0.717, 1.165) is 0 Å². The molecule has 0 aliphatic heterocycles. The lowest BCUT2D eigenvalue weighted by Crippen LogP contribution is -2.15. The first-order valence-corrected chi connectivity index (χ1v) is 7.03. The van der Waals surface area contributed by atoms with Crippen LogP contribution >= 0.6 is 39.1 Å². The Labute approximate surface area is 128 Å². The lowest BCUT2D eigenvalue weighted by atomic mass is 9.85. The molecule has 1 N–H and O–H groups in total. The van der Waals surface area contributed by atoms with E-state index in [1.54, 1.807) is 6.07 Å². The van der Waals surface area contributed by atoms with Gasteiger partial charge in [-0.05, 0) is 27.4 Å². The first kappa shape index (κ1) is 14.7. The molecule has 0 saturated carbocycles. The van der Waals surface area contributed by atoms with Gasteiger partial charge in [-0.25, -0.2) is 4.79 Å². The van der Waals surface area contributed by atoms with Crippen LogP contribution in [0.1, 0.15) is 36.9 Å². The number of hydrogen-bond donors (Lipinski definition) is 1. The minimum atomic E-state index is -1.13. The van der Waals surface area contributed by atoms with E-state index in [2.05, 4.69) is 15.9 Å². The van der Waals surface area contributed by atoms with Crippen molar-refractivity contribution in [2.24, 2.45) is 0 Å². The number of rotatable bonds is 1. The first-order chi connectivity index (χ1) is 8.64. The van der Waals surface area contributed by atoms with Crippen LogP contribution in [0.4, 0.5) is 0 Å². The number of hydrogen-bond acceptors (Lipinski definition) is 2. The maximum absolute atomic E-state index is 11.4. The van der Waals surface area contributed by atoms with Crippen molar-refractivity contribution in [3.63, 3.8) is 0 Å². The van der Waals surface area contributed by atoms with Crippen molar-refractivity contribution in [2.75, 3.05) is 0 Å². The van der Waals surface area contributed by atoms with E-state index >= 15 is 0 Å². The summed E-state index contributed by atoms with van der Waals surface area (Å²) in [6, 6.07) is 1.59.